The molecule has 0 aromatic rings. The summed E-state index contributed by atoms with van der Waals surface area (Å²) >= 11 is 0. The summed E-state index contributed by atoms with van der Waals surface area (Å²) in [4.78, 5) is 14.6. The summed E-state index contributed by atoms with van der Waals surface area (Å²) in [5, 5.41) is 3.41. The van der Waals surface area contributed by atoms with E-state index in [1.54, 1.807) is 0 Å². The summed E-state index contributed by atoms with van der Waals surface area (Å²) in [5.74, 6) is 3.24. The summed E-state index contributed by atoms with van der Waals surface area (Å²) in [7, 11) is 2.02. The van der Waals surface area contributed by atoms with Gasteiger partial charge in [-0.3, -0.25) is 4.79 Å². The Morgan fingerprint density at radius 2 is 1.95 bits per heavy atom. The highest BCUT2D eigenvalue weighted by molar-refractivity contribution is 5.79. The van der Waals surface area contributed by atoms with Crippen LogP contribution in [0, 0.1) is 23.7 Å². The molecule has 1 amide bonds. The van der Waals surface area contributed by atoms with Gasteiger partial charge in [-0.15, -0.1) is 0 Å². The van der Waals surface area contributed by atoms with Crippen LogP contribution in [0.25, 0.3) is 0 Å². The van der Waals surface area contributed by atoms with Gasteiger partial charge in [-0.05, 0) is 69.4 Å². The van der Waals surface area contributed by atoms with Crippen molar-refractivity contribution in [1.82, 2.24) is 10.2 Å². The summed E-state index contributed by atoms with van der Waals surface area (Å²) in [6, 6.07) is 0. The molecule has 2 saturated carbocycles. The third kappa shape index (κ3) is 2.96. The van der Waals surface area contributed by atoms with Crippen LogP contribution in [0.1, 0.15) is 44.9 Å². The molecular formula is C16H28N2O. The lowest BCUT2D eigenvalue weighted by molar-refractivity contribution is -0.136. The molecule has 3 atom stereocenters. The first-order chi connectivity index (χ1) is 9.24. The van der Waals surface area contributed by atoms with Gasteiger partial charge in [-0.1, -0.05) is 6.42 Å². The fourth-order valence-corrected chi connectivity index (χ4v) is 4.49. The van der Waals surface area contributed by atoms with E-state index in [0.717, 1.165) is 37.4 Å². The van der Waals surface area contributed by atoms with Crippen molar-refractivity contribution in [1.29, 1.82) is 0 Å². The lowest BCUT2D eigenvalue weighted by atomic mass is 9.87. The molecule has 0 radical (unpaired) electrons. The second kappa shape index (κ2) is 5.82. The minimum Gasteiger partial charge on any atom is -0.346 e. The monoisotopic (exact) mass is 264 g/mol. The predicted octanol–water partition coefficient (Wildman–Crippen LogP) is 2.27. The zero-order chi connectivity index (χ0) is 13.2. The molecule has 3 aliphatic rings. The normalized spacial score (nSPS) is 34.7. The predicted molar refractivity (Wildman–Crippen MR) is 76.8 cm³/mol. The average molecular weight is 264 g/mol. The number of piperidine rings is 1. The van der Waals surface area contributed by atoms with E-state index < -0.39 is 0 Å². The fourth-order valence-electron chi connectivity index (χ4n) is 4.49. The Hall–Kier alpha value is -0.570. The average Bonchev–Trinajstić information content (AvgIpc) is 3.07. The van der Waals surface area contributed by atoms with Crippen LogP contribution >= 0.6 is 0 Å². The molecule has 0 spiro atoms. The van der Waals surface area contributed by atoms with Crippen molar-refractivity contribution in [3.05, 3.63) is 0 Å². The first-order valence-corrected chi connectivity index (χ1v) is 8.19. The molecule has 0 aromatic heterocycles. The van der Waals surface area contributed by atoms with Gasteiger partial charge in [-0.25, -0.2) is 0 Å². The van der Waals surface area contributed by atoms with Gasteiger partial charge in [0, 0.05) is 19.5 Å². The largest absolute Gasteiger partial charge is 0.346 e. The Balaban J connectivity index is 1.44. The van der Waals surface area contributed by atoms with Gasteiger partial charge in [0.25, 0.3) is 0 Å². The third-order valence-electron chi connectivity index (χ3n) is 5.76. The molecule has 0 aromatic carbocycles. The van der Waals surface area contributed by atoms with E-state index in [4.69, 9.17) is 0 Å². The van der Waals surface area contributed by atoms with Gasteiger partial charge < -0.3 is 10.2 Å². The molecule has 1 saturated heterocycles. The molecule has 108 valence electrons. The zero-order valence-electron chi connectivity index (χ0n) is 12.2. The lowest BCUT2D eigenvalue weighted by Crippen LogP contribution is -2.37. The smallest absolute Gasteiger partial charge is 0.225 e. The summed E-state index contributed by atoms with van der Waals surface area (Å²) in [6.07, 6.45) is 8.98. The highest BCUT2D eigenvalue weighted by atomic mass is 16.2. The van der Waals surface area contributed by atoms with Crippen LogP contribution in [0.15, 0.2) is 0 Å². The topological polar surface area (TPSA) is 32.3 Å². The maximum atomic E-state index is 12.5. The first kappa shape index (κ1) is 13.4. The number of fused-ring (bicyclic) bond motifs is 2. The Morgan fingerprint density at radius 1 is 1.16 bits per heavy atom. The number of carbonyl (C=O) groups excluding carboxylic acids is 1. The van der Waals surface area contributed by atoms with Crippen LogP contribution in [-0.2, 0) is 4.79 Å². The van der Waals surface area contributed by atoms with Crippen molar-refractivity contribution in [2.24, 2.45) is 23.7 Å². The second-order valence-corrected chi connectivity index (χ2v) is 7.02. The molecule has 1 aliphatic heterocycles. The van der Waals surface area contributed by atoms with Gasteiger partial charge >= 0.3 is 0 Å². The Labute approximate surface area is 117 Å². The van der Waals surface area contributed by atoms with Gasteiger partial charge in [-0.2, -0.15) is 0 Å². The van der Waals surface area contributed by atoms with Crippen molar-refractivity contribution in [2.45, 2.75) is 44.9 Å². The molecule has 2 aliphatic carbocycles. The molecule has 1 N–H and O–H groups in total. The molecule has 3 fully saturated rings. The van der Waals surface area contributed by atoms with Crippen molar-refractivity contribution >= 4 is 5.91 Å². The van der Waals surface area contributed by atoms with Gasteiger partial charge in [0.15, 0.2) is 0 Å². The van der Waals surface area contributed by atoms with Gasteiger partial charge in [0.1, 0.15) is 0 Å². The standard InChI is InChI=1S/C16H28N2O/c1-18(9-6-12-4-7-17-8-5-12)16(19)15-11-13-2-3-14(15)10-13/h12-15,17H,2-11H2,1H3. The molecular weight excluding hydrogens is 236 g/mol. The van der Waals surface area contributed by atoms with Crippen LogP contribution in [0.3, 0.4) is 0 Å². The number of carbonyl (C=O) groups is 1. The number of hydrogen-bond acceptors (Lipinski definition) is 2. The van der Waals surface area contributed by atoms with Crippen molar-refractivity contribution < 1.29 is 4.79 Å². The SMILES string of the molecule is CN(CCC1CCNCC1)C(=O)C1CC2CCC1C2. The zero-order valence-corrected chi connectivity index (χ0v) is 12.2. The molecule has 2 bridgehead atoms. The maximum absolute atomic E-state index is 12.5. The summed E-state index contributed by atoms with van der Waals surface area (Å²) < 4.78 is 0. The number of nitrogens with one attached hydrogen (secondary N) is 1. The molecule has 3 unspecified atom stereocenters. The minimum absolute atomic E-state index is 0.372. The van der Waals surface area contributed by atoms with E-state index in [9.17, 15) is 4.79 Å². The van der Waals surface area contributed by atoms with E-state index in [-0.39, 0.29) is 0 Å². The van der Waals surface area contributed by atoms with Crippen LogP contribution in [0.5, 0.6) is 0 Å². The Kier molecular flexibility index (Phi) is 4.11. The van der Waals surface area contributed by atoms with Crippen molar-refractivity contribution in [3.8, 4) is 0 Å². The van der Waals surface area contributed by atoms with E-state index in [2.05, 4.69) is 5.32 Å². The molecule has 3 heteroatoms. The first-order valence-electron chi connectivity index (χ1n) is 8.19. The van der Waals surface area contributed by atoms with E-state index >= 15 is 0 Å². The quantitative estimate of drug-likeness (QED) is 0.845. The van der Waals surface area contributed by atoms with Crippen molar-refractivity contribution in [2.75, 3.05) is 26.7 Å². The maximum Gasteiger partial charge on any atom is 0.225 e. The van der Waals surface area contributed by atoms with Crippen LogP contribution in [0.4, 0.5) is 0 Å². The molecule has 19 heavy (non-hydrogen) atoms. The molecule has 1 heterocycles. The molecule has 3 rings (SSSR count). The third-order valence-corrected chi connectivity index (χ3v) is 5.76. The van der Waals surface area contributed by atoms with E-state index in [0.29, 0.717) is 11.8 Å². The highest BCUT2D eigenvalue weighted by Gasteiger charge is 2.43. The Morgan fingerprint density at radius 3 is 2.58 bits per heavy atom. The second-order valence-electron chi connectivity index (χ2n) is 7.02. The highest BCUT2D eigenvalue weighted by Crippen LogP contribution is 2.48. The van der Waals surface area contributed by atoms with Crippen LogP contribution in [0.2, 0.25) is 0 Å². The summed E-state index contributed by atoms with van der Waals surface area (Å²) in [5.41, 5.74) is 0. The molecule has 3 nitrogen and oxygen atoms in total. The van der Waals surface area contributed by atoms with Crippen LogP contribution in [-0.4, -0.2) is 37.5 Å². The minimum atomic E-state index is 0.372. The number of rotatable bonds is 4. The number of nitrogens with zero attached hydrogens (tertiary/aromatic N) is 1. The fraction of sp³-hybridized carbons (Fsp3) is 0.938. The van der Waals surface area contributed by atoms with E-state index in [1.165, 1.54) is 44.9 Å². The summed E-state index contributed by atoms with van der Waals surface area (Å²) in [6.45, 7) is 3.29. The van der Waals surface area contributed by atoms with Gasteiger partial charge in [0.05, 0.1) is 0 Å². The number of amides is 1. The Bertz CT molecular complexity index is 325. The van der Waals surface area contributed by atoms with E-state index in [1.807, 2.05) is 11.9 Å². The van der Waals surface area contributed by atoms with Gasteiger partial charge in [0.2, 0.25) is 5.91 Å². The number of hydrogen-bond donors (Lipinski definition) is 1. The lowest BCUT2D eigenvalue weighted by Gasteiger charge is -2.29. The van der Waals surface area contributed by atoms with Crippen LogP contribution < -0.4 is 5.32 Å². The van der Waals surface area contributed by atoms with Crippen molar-refractivity contribution in [3.63, 3.8) is 0 Å².